The van der Waals surface area contributed by atoms with Gasteiger partial charge in [-0.25, -0.2) is 0 Å². The van der Waals surface area contributed by atoms with Crippen LogP contribution in [0.3, 0.4) is 0 Å². The maximum atomic E-state index is 12.4. The van der Waals surface area contributed by atoms with Gasteiger partial charge in [0, 0.05) is 32.0 Å². The molecule has 0 atom stereocenters. The van der Waals surface area contributed by atoms with E-state index in [1.807, 2.05) is 27.0 Å². The third-order valence-corrected chi connectivity index (χ3v) is 3.08. The Morgan fingerprint density at radius 2 is 2.11 bits per heavy atom. The van der Waals surface area contributed by atoms with Crippen molar-refractivity contribution >= 4 is 11.6 Å². The number of nitrogens with one attached hydrogen (secondary N) is 1. The molecule has 0 unspecified atom stereocenters. The molecular formula is C15H25N3O. The number of hydrogen-bond acceptors (Lipinski definition) is 3. The van der Waals surface area contributed by atoms with E-state index in [-0.39, 0.29) is 5.91 Å². The highest BCUT2D eigenvalue weighted by Gasteiger charge is 2.16. The maximum absolute atomic E-state index is 12.4. The van der Waals surface area contributed by atoms with Crippen LogP contribution in [0.4, 0.5) is 5.69 Å². The van der Waals surface area contributed by atoms with Crippen molar-refractivity contribution in [1.29, 1.82) is 0 Å². The minimum absolute atomic E-state index is 0.0413. The van der Waals surface area contributed by atoms with E-state index >= 15 is 0 Å². The number of rotatable bonds is 7. The monoisotopic (exact) mass is 263 g/mol. The van der Waals surface area contributed by atoms with Gasteiger partial charge in [-0.1, -0.05) is 19.8 Å². The lowest BCUT2D eigenvalue weighted by Gasteiger charge is -2.19. The minimum Gasteiger partial charge on any atom is -0.385 e. The van der Waals surface area contributed by atoms with Gasteiger partial charge in [-0.3, -0.25) is 9.78 Å². The second-order valence-corrected chi connectivity index (χ2v) is 4.84. The zero-order chi connectivity index (χ0) is 14.3. The second kappa shape index (κ2) is 7.77. The molecule has 4 heteroatoms. The molecule has 1 N–H and O–H groups in total. The molecule has 0 fully saturated rings. The Morgan fingerprint density at radius 1 is 1.37 bits per heavy atom. The van der Waals surface area contributed by atoms with E-state index in [1.54, 1.807) is 11.1 Å². The normalized spacial score (nSPS) is 10.3. The van der Waals surface area contributed by atoms with Gasteiger partial charge in [-0.15, -0.1) is 0 Å². The fourth-order valence-corrected chi connectivity index (χ4v) is 1.97. The van der Waals surface area contributed by atoms with Crippen molar-refractivity contribution in [2.75, 3.05) is 25.5 Å². The van der Waals surface area contributed by atoms with Crippen molar-refractivity contribution in [2.24, 2.45) is 0 Å². The summed E-state index contributed by atoms with van der Waals surface area (Å²) in [7, 11) is 1.85. The number of aryl methyl sites for hydroxylation is 1. The Kier molecular flexibility index (Phi) is 6.33. The number of unbranched alkanes of at least 4 members (excludes halogenated alkanes) is 2. The zero-order valence-electron chi connectivity index (χ0n) is 12.5. The minimum atomic E-state index is 0.0413. The van der Waals surface area contributed by atoms with Gasteiger partial charge in [0.05, 0.1) is 11.3 Å². The first-order valence-electron chi connectivity index (χ1n) is 7.06. The van der Waals surface area contributed by atoms with Crippen LogP contribution >= 0.6 is 0 Å². The lowest BCUT2D eigenvalue weighted by Crippen LogP contribution is -2.28. The molecule has 0 aliphatic heterocycles. The highest BCUT2D eigenvalue weighted by atomic mass is 16.2. The fraction of sp³-hybridized carbons (Fsp3) is 0.600. The molecule has 1 rings (SSSR count). The van der Waals surface area contributed by atoms with Crippen LogP contribution in [-0.4, -0.2) is 35.9 Å². The SMILES string of the molecule is CCCCCN(C)C(=O)c1cnc(C)cc1NCC. The smallest absolute Gasteiger partial charge is 0.257 e. The van der Waals surface area contributed by atoms with E-state index in [1.165, 1.54) is 0 Å². The van der Waals surface area contributed by atoms with E-state index in [0.717, 1.165) is 43.7 Å². The number of carbonyl (C=O) groups is 1. The van der Waals surface area contributed by atoms with Crippen LogP contribution < -0.4 is 5.32 Å². The van der Waals surface area contributed by atoms with E-state index in [4.69, 9.17) is 0 Å². The van der Waals surface area contributed by atoms with Gasteiger partial charge in [-0.2, -0.15) is 0 Å². The summed E-state index contributed by atoms with van der Waals surface area (Å²) in [6.07, 6.45) is 5.04. The molecule has 1 aromatic heterocycles. The maximum Gasteiger partial charge on any atom is 0.257 e. The Morgan fingerprint density at radius 3 is 2.74 bits per heavy atom. The third kappa shape index (κ3) is 4.54. The average molecular weight is 263 g/mol. The summed E-state index contributed by atoms with van der Waals surface area (Å²) in [5, 5.41) is 3.23. The first-order chi connectivity index (χ1) is 9.10. The van der Waals surface area contributed by atoms with Crippen molar-refractivity contribution in [3.8, 4) is 0 Å². The molecule has 1 amide bonds. The molecule has 0 aliphatic rings. The number of amides is 1. The van der Waals surface area contributed by atoms with Crippen molar-refractivity contribution < 1.29 is 4.79 Å². The number of nitrogens with zero attached hydrogens (tertiary/aromatic N) is 2. The van der Waals surface area contributed by atoms with Gasteiger partial charge >= 0.3 is 0 Å². The number of anilines is 1. The van der Waals surface area contributed by atoms with E-state index in [2.05, 4.69) is 17.2 Å². The van der Waals surface area contributed by atoms with Crippen molar-refractivity contribution in [1.82, 2.24) is 9.88 Å². The van der Waals surface area contributed by atoms with Crippen LogP contribution in [0.15, 0.2) is 12.3 Å². The molecule has 0 radical (unpaired) electrons. The molecule has 4 nitrogen and oxygen atoms in total. The summed E-state index contributed by atoms with van der Waals surface area (Å²) < 4.78 is 0. The predicted octanol–water partition coefficient (Wildman–Crippen LogP) is 3.08. The van der Waals surface area contributed by atoms with Gasteiger partial charge in [0.1, 0.15) is 0 Å². The number of hydrogen-bond donors (Lipinski definition) is 1. The summed E-state index contributed by atoms with van der Waals surface area (Å²) in [5.41, 5.74) is 2.45. The molecule has 1 aromatic rings. The van der Waals surface area contributed by atoms with E-state index < -0.39 is 0 Å². The predicted molar refractivity (Wildman–Crippen MR) is 79.6 cm³/mol. The van der Waals surface area contributed by atoms with Crippen LogP contribution in [0.5, 0.6) is 0 Å². The molecule has 0 bridgehead atoms. The van der Waals surface area contributed by atoms with Gasteiger partial charge < -0.3 is 10.2 Å². The molecule has 1 heterocycles. The highest BCUT2D eigenvalue weighted by Crippen LogP contribution is 2.17. The number of pyridine rings is 1. The first kappa shape index (κ1) is 15.5. The first-order valence-corrected chi connectivity index (χ1v) is 7.06. The number of aromatic nitrogens is 1. The fourth-order valence-electron chi connectivity index (χ4n) is 1.97. The number of carbonyl (C=O) groups excluding carboxylic acids is 1. The molecule has 0 spiro atoms. The van der Waals surface area contributed by atoms with Crippen molar-refractivity contribution in [3.63, 3.8) is 0 Å². The van der Waals surface area contributed by atoms with E-state index in [9.17, 15) is 4.79 Å². The van der Waals surface area contributed by atoms with Crippen LogP contribution in [0.1, 0.15) is 49.2 Å². The summed E-state index contributed by atoms with van der Waals surface area (Å²) in [5.74, 6) is 0.0413. The lowest BCUT2D eigenvalue weighted by atomic mass is 10.1. The Bertz CT molecular complexity index is 418. The molecule has 106 valence electrons. The van der Waals surface area contributed by atoms with E-state index in [0.29, 0.717) is 5.56 Å². The van der Waals surface area contributed by atoms with Gasteiger partial charge in [0.2, 0.25) is 0 Å². The second-order valence-electron chi connectivity index (χ2n) is 4.84. The van der Waals surface area contributed by atoms with Gasteiger partial charge in [0.15, 0.2) is 0 Å². The quantitative estimate of drug-likeness (QED) is 0.769. The summed E-state index contributed by atoms with van der Waals surface area (Å²) in [6.45, 7) is 7.71. The van der Waals surface area contributed by atoms with Gasteiger partial charge in [0.25, 0.3) is 5.91 Å². The van der Waals surface area contributed by atoms with Crippen LogP contribution in [-0.2, 0) is 0 Å². The summed E-state index contributed by atoms with van der Waals surface area (Å²) in [4.78, 5) is 18.4. The molecule has 0 aromatic carbocycles. The van der Waals surface area contributed by atoms with Crippen molar-refractivity contribution in [2.45, 2.75) is 40.0 Å². The summed E-state index contributed by atoms with van der Waals surface area (Å²) >= 11 is 0. The van der Waals surface area contributed by atoms with Crippen LogP contribution in [0, 0.1) is 6.92 Å². The largest absolute Gasteiger partial charge is 0.385 e. The zero-order valence-corrected chi connectivity index (χ0v) is 12.5. The standard InChI is InChI=1S/C15H25N3O/c1-5-7-8-9-18(4)15(19)13-11-17-12(3)10-14(13)16-6-2/h10-11H,5-9H2,1-4H3,(H,16,17). The molecule has 0 saturated heterocycles. The van der Waals surface area contributed by atoms with Crippen LogP contribution in [0.2, 0.25) is 0 Å². The average Bonchev–Trinajstić information content (AvgIpc) is 2.39. The Balaban J connectivity index is 2.80. The Hall–Kier alpha value is -1.58. The molecule has 0 aliphatic carbocycles. The molecule has 19 heavy (non-hydrogen) atoms. The topological polar surface area (TPSA) is 45.2 Å². The van der Waals surface area contributed by atoms with Gasteiger partial charge in [-0.05, 0) is 26.3 Å². The Labute approximate surface area is 116 Å². The lowest BCUT2D eigenvalue weighted by molar-refractivity contribution is 0.0793. The highest BCUT2D eigenvalue weighted by molar-refractivity contribution is 5.99. The molecule has 0 saturated carbocycles. The molecular weight excluding hydrogens is 238 g/mol. The van der Waals surface area contributed by atoms with Crippen LogP contribution in [0.25, 0.3) is 0 Å². The van der Waals surface area contributed by atoms with Crippen molar-refractivity contribution in [3.05, 3.63) is 23.5 Å². The summed E-state index contributed by atoms with van der Waals surface area (Å²) in [6, 6.07) is 1.93. The third-order valence-electron chi connectivity index (χ3n) is 3.08.